The number of hydrogen-bond acceptors (Lipinski definition) is 5. The Bertz CT molecular complexity index is 1320. The van der Waals surface area contributed by atoms with Crippen LogP contribution in [0.4, 0.5) is 5.69 Å². The molecule has 0 bridgehead atoms. The molecule has 1 saturated carbocycles. The monoisotopic (exact) mass is 526 g/mol. The van der Waals surface area contributed by atoms with Gasteiger partial charge in [0.15, 0.2) is 0 Å². The minimum Gasteiger partial charge on any atom is -0.487 e. The molecular formula is C32H34N2O5. The van der Waals surface area contributed by atoms with Crippen molar-refractivity contribution in [3.8, 4) is 16.9 Å². The number of rotatable bonds is 8. The molecule has 1 aliphatic carbocycles. The Morgan fingerprint density at radius 1 is 0.949 bits per heavy atom. The number of carbonyl (C=O) groups is 2. The number of hydrogen-bond donors (Lipinski definition) is 3. The van der Waals surface area contributed by atoms with Gasteiger partial charge >= 0.3 is 0 Å². The van der Waals surface area contributed by atoms with E-state index in [0.717, 1.165) is 53.0 Å². The first kappa shape index (κ1) is 25.6. The molecule has 6 rings (SSSR count). The molecule has 3 aliphatic rings. The fourth-order valence-corrected chi connectivity index (χ4v) is 5.81. The maximum atomic E-state index is 12.8. The summed E-state index contributed by atoms with van der Waals surface area (Å²) in [4.78, 5) is 25.3. The number of amides is 2. The number of ether oxygens (including phenoxy) is 2. The molecule has 0 spiro atoms. The van der Waals surface area contributed by atoms with Crippen LogP contribution in [0.15, 0.2) is 72.8 Å². The molecular weight excluding hydrogens is 492 g/mol. The van der Waals surface area contributed by atoms with Crippen molar-refractivity contribution in [1.82, 2.24) is 5.32 Å². The molecule has 2 fully saturated rings. The largest absolute Gasteiger partial charge is 0.487 e. The van der Waals surface area contributed by atoms with Gasteiger partial charge in [-0.05, 0) is 54.2 Å². The van der Waals surface area contributed by atoms with Crippen molar-refractivity contribution >= 4 is 17.5 Å². The van der Waals surface area contributed by atoms with Crippen LogP contribution in [0.1, 0.15) is 49.1 Å². The number of nitrogens with one attached hydrogen (secondary N) is 2. The normalized spacial score (nSPS) is 23.6. The molecule has 3 aromatic rings. The maximum absolute atomic E-state index is 12.8. The summed E-state index contributed by atoms with van der Waals surface area (Å²) < 4.78 is 12.3. The fourth-order valence-electron chi connectivity index (χ4n) is 5.81. The zero-order chi connectivity index (χ0) is 26.8. The minimum atomic E-state index is -0.521. The lowest BCUT2D eigenvalue weighted by molar-refractivity contribution is -0.142. The number of aliphatic hydroxyl groups excluding tert-OH is 1. The average Bonchev–Trinajstić information content (AvgIpc) is 3.29. The van der Waals surface area contributed by atoms with Crippen LogP contribution in [-0.4, -0.2) is 41.8 Å². The molecule has 3 aromatic carbocycles. The molecule has 1 saturated heterocycles. The van der Waals surface area contributed by atoms with Gasteiger partial charge in [-0.1, -0.05) is 61.0 Å². The summed E-state index contributed by atoms with van der Waals surface area (Å²) in [6.45, 7) is 0.248. The van der Waals surface area contributed by atoms with Gasteiger partial charge in [-0.15, -0.1) is 0 Å². The van der Waals surface area contributed by atoms with Gasteiger partial charge in [0.05, 0.1) is 19.1 Å². The van der Waals surface area contributed by atoms with E-state index in [1.807, 2.05) is 48.5 Å². The Balaban J connectivity index is 1.07. The van der Waals surface area contributed by atoms with E-state index < -0.39 is 6.10 Å². The van der Waals surface area contributed by atoms with Crippen LogP contribution in [0.5, 0.6) is 5.75 Å². The quantitative estimate of drug-likeness (QED) is 0.392. The average molecular weight is 527 g/mol. The van der Waals surface area contributed by atoms with Crippen molar-refractivity contribution in [1.29, 1.82) is 0 Å². The van der Waals surface area contributed by atoms with Crippen molar-refractivity contribution in [3.63, 3.8) is 0 Å². The van der Waals surface area contributed by atoms with Crippen LogP contribution in [0, 0.1) is 5.92 Å². The molecule has 2 amide bonds. The van der Waals surface area contributed by atoms with Gasteiger partial charge in [0, 0.05) is 29.6 Å². The highest BCUT2D eigenvalue weighted by Crippen LogP contribution is 2.47. The molecule has 2 heterocycles. The van der Waals surface area contributed by atoms with Gasteiger partial charge in [0.2, 0.25) is 11.8 Å². The molecule has 4 atom stereocenters. The van der Waals surface area contributed by atoms with E-state index in [9.17, 15) is 14.7 Å². The highest BCUT2D eigenvalue weighted by molar-refractivity contribution is 5.93. The summed E-state index contributed by atoms with van der Waals surface area (Å²) in [7, 11) is 0. The first-order valence-corrected chi connectivity index (χ1v) is 13.9. The third kappa shape index (κ3) is 5.56. The Labute approximate surface area is 228 Å². The van der Waals surface area contributed by atoms with Crippen LogP contribution in [0.2, 0.25) is 0 Å². The molecule has 7 nitrogen and oxygen atoms in total. The predicted molar refractivity (Wildman–Crippen MR) is 148 cm³/mol. The summed E-state index contributed by atoms with van der Waals surface area (Å²) in [5.74, 6) is 0.811. The third-order valence-electron chi connectivity index (χ3n) is 8.21. The minimum absolute atomic E-state index is 0.0187. The van der Waals surface area contributed by atoms with E-state index >= 15 is 0 Å². The summed E-state index contributed by atoms with van der Waals surface area (Å²) in [6, 6.07) is 24.1. The second kappa shape index (κ2) is 11.2. The number of anilines is 1. The van der Waals surface area contributed by atoms with Gasteiger partial charge in [-0.2, -0.15) is 0 Å². The topological polar surface area (TPSA) is 96.9 Å². The summed E-state index contributed by atoms with van der Waals surface area (Å²) >= 11 is 0. The Hall–Kier alpha value is -3.68. The van der Waals surface area contributed by atoms with Gasteiger partial charge in [-0.25, -0.2) is 0 Å². The number of aliphatic hydroxyl groups is 1. The lowest BCUT2D eigenvalue weighted by atomic mass is 9.83. The molecule has 202 valence electrons. The van der Waals surface area contributed by atoms with Crippen LogP contribution in [0.25, 0.3) is 11.1 Å². The lowest BCUT2D eigenvalue weighted by Crippen LogP contribution is -2.47. The highest BCUT2D eigenvalue weighted by Gasteiger charge is 2.46. The smallest absolute Gasteiger partial charge is 0.227 e. The Morgan fingerprint density at radius 2 is 1.72 bits per heavy atom. The zero-order valence-corrected chi connectivity index (χ0v) is 21.8. The van der Waals surface area contributed by atoms with Gasteiger partial charge in [0.1, 0.15) is 18.0 Å². The fraction of sp³-hybridized carbons (Fsp3) is 0.375. The molecule has 3 N–H and O–H groups in total. The molecule has 0 aromatic heterocycles. The van der Waals surface area contributed by atoms with E-state index in [0.29, 0.717) is 13.0 Å². The van der Waals surface area contributed by atoms with Crippen LogP contribution in [-0.2, 0) is 20.9 Å². The summed E-state index contributed by atoms with van der Waals surface area (Å²) in [6.07, 6.45) is 2.64. The molecule has 0 unspecified atom stereocenters. The van der Waals surface area contributed by atoms with Crippen molar-refractivity contribution in [2.45, 2.75) is 62.9 Å². The lowest BCUT2D eigenvalue weighted by Gasteiger charge is -2.37. The van der Waals surface area contributed by atoms with Gasteiger partial charge in [0.25, 0.3) is 0 Å². The molecule has 39 heavy (non-hydrogen) atoms. The van der Waals surface area contributed by atoms with Crippen molar-refractivity contribution in [2.24, 2.45) is 5.92 Å². The van der Waals surface area contributed by atoms with E-state index in [1.54, 1.807) is 0 Å². The first-order valence-electron chi connectivity index (χ1n) is 13.9. The Morgan fingerprint density at radius 3 is 2.44 bits per heavy atom. The SMILES string of the molecule is O=C(C[C@@H]1C[C@H]2c3cc(NC(=O)C4CCC4)ccc3O[C@H]2[C@H](CO)O1)NCc1ccc(-c2ccccc2)cc1. The molecule has 7 heteroatoms. The number of fused-ring (bicyclic) bond motifs is 3. The van der Waals surface area contributed by atoms with Crippen LogP contribution in [0.3, 0.4) is 0 Å². The van der Waals surface area contributed by atoms with Crippen molar-refractivity contribution in [3.05, 3.63) is 83.9 Å². The van der Waals surface area contributed by atoms with E-state index in [4.69, 9.17) is 9.47 Å². The number of carbonyl (C=O) groups excluding carboxylic acids is 2. The van der Waals surface area contributed by atoms with Crippen molar-refractivity contribution in [2.75, 3.05) is 11.9 Å². The second-order valence-corrected chi connectivity index (χ2v) is 10.8. The predicted octanol–water partition coefficient (Wildman–Crippen LogP) is 4.79. The zero-order valence-electron chi connectivity index (χ0n) is 21.8. The Kier molecular flexibility index (Phi) is 7.35. The van der Waals surface area contributed by atoms with Crippen molar-refractivity contribution < 1.29 is 24.2 Å². The summed E-state index contributed by atoms with van der Waals surface area (Å²) in [5.41, 5.74) is 5.07. The van der Waals surface area contributed by atoms with E-state index in [-0.39, 0.29) is 48.9 Å². The summed E-state index contributed by atoms with van der Waals surface area (Å²) in [5, 5.41) is 16.1. The molecule has 2 aliphatic heterocycles. The van der Waals surface area contributed by atoms with E-state index in [2.05, 4.69) is 34.9 Å². The number of benzene rings is 3. The van der Waals surface area contributed by atoms with Crippen LogP contribution < -0.4 is 15.4 Å². The van der Waals surface area contributed by atoms with Gasteiger partial charge < -0.3 is 25.2 Å². The molecule has 0 radical (unpaired) electrons. The van der Waals surface area contributed by atoms with E-state index in [1.165, 1.54) is 0 Å². The van der Waals surface area contributed by atoms with Gasteiger partial charge in [-0.3, -0.25) is 9.59 Å². The first-order chi connectivity index (χ1) is 19.1. The van der Waals surface area contributed by atoms with Crippen LogP contribution >= 0.6 is 0 Å². The highest BCUT2D eigenvalue weighted by atomic mass is 16.6. The maximum Gasteiger partial charge on any atom is 0.227 e. The third-order valence-corrected chi connectivity index (χ3v) is 8.21. The second-order valence-electron chi connectivity index (χ2n) is 10.8. The standard InChI is InChI=1S/C32H34N2O5/c35-19-29-31-27(26-15-24(13-14-28(26)39-31)34-32(37)23-7-4-8-23)16-25(38-29)17-30(36)33-18-20-9-11-22(12-10-20)21-5-2-1-3-6-21/h1-3,5-6,9-15,23,25,27,29,31,35H,4,7-8,16-19H2,(H,33,36)(H,34,37)/t25-,27-,29-,31+/m0/s1.